The quantitative estimate of drug-likeness (QED) is 0.469. The number of carbonyl (C=O) groups excluding carboxylic acids is 1. The molecule has 166 valence electrons. The van der Waals surface area contributed by atoms with Crippen molar-refractivity contribution in [3.05, 3.63) is 108 Å². The van der Waals surface area contributed by atoms with E-state index in [1.165, 1.54) is 16.4 Å². The standard InChI is InChI=1S/C24H19FN4O3S/c25-19-12-10-16(11-13-19)20-15-21(27-26-20)23-14-18-8-4-5-9-22(18)29(23)33(31,32)28-24(30)17-6-2-1-3-7-17/h1-13,15,23H,14H2,(H,26,27)(H,28,30). The van der Waals surface area contributed by atoms with Crippen LogP contribution in [0.5, 0.6) is 0 Å². The number of rotatable bonds is 5. The van der Waals surface area contributed by atoms with Gasteiger partial charge in [-0.2, -0.15) is 13.5 Å². The van der Waals surface area contributed by atoms with Gasteiger partial charge in [0.1, 0.15) is 5.82 Å². The summed E-state index contributed by atoms with van der Waals surface area (Å²) >= 11 is 0. The number of amides is 1. The number of nitrogens with zero attached hydrogens (tertiary/aromatic N) is 2. The van der Waals surface area contributed by atoms with Crippen LogP contribution in [0.1, 0.15) is 27.7 Å². The third-order valence-electron chi connectivity index (χ3n) is 5.54. The van der Waals surface area contributed by atoms with Gasteiger partial charge in [-0.05, 0) is 54.1 Å². The molecule has 0 saturated carbocycles. The van der Waals surface area contributed by atoms with Gasteiger partial charge in [-0.25, -0.2) is 13.4 Å². The molecule has 9 heteroatoms. The van der Waals surface area contributed by atoms with Crippen molar-refractivity contribution >= 4 is 21.8 Å². The molecule has 7 nitrogen and oxygen atoms in total. The van der Waals surface area contributed by atoms with Crippen LogP contribution < -0.4 is 9.03 Å². The van der Waals surface area contributed by atoms with Crippen LogP contribution in [0.4, 0.5) is 10.1 Å². The number of benzene rings is 3. The summed E-state index contributed by atoms with van der Waals surface area (Å²) in [7, 11) is -4.24. The second-order valence-corrected chi connectivity index (χ2v) is 9.21. The van der Waals surface area contributed by atoms with E-state index in [0.717, 1.165) is 5.56 Å². The molecule has 1 unspecified atom stereocenters. The van der Waals surface area contributed by atoms with Crippen molar-refractivity contribution in [3.63, 3.8) is 0 Å². The highest BCUT2D eigenvalue weighted by Crippen LogP contribution is 2.42. The summed E-state index contributed by atoms with van der Waals surface area (Å²) in [5, 5.41) is 7.21. The Morgan fingerprint density at radius 3 is 2.45 bits per heavy atom. The molecule has 0 saturated heterocycles. The lowest BCUT2D eigenvalue weighted by Crippen LogP contribution is -2.44. The van der Waals surface area contributed by atoms with E-state index in [9.17, 15) is 17.6 Å². The molecule has 0 bridgehead atoms. The van der Waals surface area contributed by atoms with E-state index in [1.54, 1.807) is 60.7 Å². The van der Waals surface area contributed by atoms with Crippen molar-refractivity contribution in [3.8, 4) is 11.3 Å². The molecule has 0 radical (unpaired) electrons. The van der Waals surface area contributed by atoms with E-state index in [2.05, 4.69) is 14.9 Å². The van der Waals surface area contributed by atoms with Crippen molar-refractivity contribution in [1.82, 2.24) is 14.9 Å². The van der Waals surface area contributed by atoms with Crippen LogP contribution in [0.25, 0.3) is 11.3 Å². The topological polar surface area (TPSA) is 95.2 Å². The molecule has 1 aromatic heterocycles. The fourth-order valence-electron chi connectivity index (χ4n) is 3.98. The molecule has 0 fully saturated rings. The predicted molar refractivity (Wildman–Crippen MR) is 122 cm³/mol. The maximum Gasteiger partial charge on any atom is 0.327 e. The summed E-state index contributed by atoms with van der Waals surface area (Å²) in [5.74, 6) is -1.07. The third kappa shape index (κ3) is 3.98. The Hall–Kier alpha value is -3.98. The summed E-state index contributed by atoms with van der Waals surface area (Å²) in [6.07, 6.45) is 0.404. The van der Waals surface area contributed by atoms with E-state index in [0.29, 0.717) is 29.1 Å². The maximum atomic E-state index is 13.4. The minimum absolute atomic E-state index is 0.241. The van der Waals surface area contributed by atoms with Gasteiger partial charge in [-0.15, -0.1) is 0 Å². The van der Waals surface area contributed by atoms with Gasteiger partial charge < -0.3 is 0 Å². The monoisotopic (exact) mass is 462 g/mol. The molecule has 1 amide bonds. The molecular formula is C24H19FN4O3S. The van der Waals surface area contributed by atoms with Crippen LogP contribution in [0, 0.1) is 5.82 Å². The first-order valence-corrected chi connectivity index (χ1v) is 11.7. The number of nitrogens with one attached hydrogen (secondary N) is 2. The number of para-hydroxylation sites is 1. The van der Waals surface area contributed by atoms with Gasteiger partial charge in [0.25, 0.3) is 5.91 Å². The van der Waals surface area contributed by atoms with E-state index in [1.807, 2.05) is 12.1 Å². The summed E-state index contributed by atoms with van der Waals surface area (Å²) in [6.45, 7) is 0. The molecule has 33 heavy (non-hydrogen) atoms. The predicted octanol–water partition coefficient (Wildman–Crippen LogP) is 3.99. The highest BCUT2D eigenvalue weighted by atomic mass is 32.2. The van der Waals surface area contributed by atoms with E-state index in [4.69, 9.17) is 0 Å². The number of aromatic nitrogens is 2. The summed E-state index contributed by atoms with van der Waals surface area (Å²) in [4.78, 5) is 12.6. The number of halogens is 1. The first kappa shape index (κ1) is 20.9. The normalized spacial score (nSPS) is 15.3. The number of fused-ring (bicyclic) bond motifs is 1. The van der Waals surface area contributed by atoms with Gasteiger partial charge >= 0.3 is 10.2 Å². The number of aromatic amines is 1. The fraction of sp³-hybridized carbons (Fsp3) is 0.0833. The minimum Gasteiger partial charge on any atom is -0.280 e. The van der Waals surface area contributed by atoms with Gasteiger partial charge in [-0.1, -0.05) is 36.4 Å². The van der Waals surface area contributed by atoms with Crippen LogP contribution in [0.3, 0.4) is 0 Å². The second-order valence-electron chi connectivity index (χ2n) is 7.66. The van der Waals surface area contributed by atoms with E-state index < -0.39 is 22.2 Å². The lowest BCUT2D eigenvalue weighted by molar-refractivity contribution is 0.0981. The van der Waals surface area contributed by atoms with Crippen molar-refractivity contribution in [2.24, 2.45) is 0 Å². The van der Waals surface area contributed by atoms with Crippen molar-refractivity contribution in [2.45, 2.75) is 12.5 Å². The Morgan fingerprint density at radius 1 is 1.00 bits per heavy atom. The van der Waals surface area contributed by atoms with Crippen molar-refractivity contribution in [1.29, 1.82) is 0 Å². The largest absolute Gasteiger partial charge is 0.327 e. The van der Waals surface area contributed by atoms with Gasteiger partial charge in [0.05, 0.1) is 23.1 Å². The highest BCUT2D eigenvalue weighted by molar-refractivity contribution is 7.91. The van der Waals surface area contributed by atoms with Crippen LogP contribution in [-0.4, -0.2) is 24.5 Å². The molecule has 5 rings (SSSR count). The third-order valence-corrected chi connectivity index (χ3v) is 6.95. The zero-order chi connectivity index (χ0) is 23.0. The molecule has 0 spiro atoms. The number of H-pyrrole nitrogens is 1. The van der Waals surface area contributed by atoms with E-state index >= 15 is 0 Å². The Morgan fingerprint density at radius 2 is 1.70 bits per heavy atom. The van der Waals surface area contributed by atoms with Crippen molar-refractivity contribution in [2.75, 3.05) is 4.31 Å². The summed E-state index contributed by atoms with van der Waals surface area (Å²) in [6, 6.07) is 22.3. The number of anilines is 1. The van der Waals surface area contributed by atoms with Crippen LogP contribution in [-0.2, 0) is 16.6 Å². The average molecular weight is 463 g/mol. The molecule has 4 aromatic rings. The minimum atomic E-state index is -4.24. The second kappa shape index (κ2) is 8.18. The molecule has 0 aliphatic carbocycles. The smallest absolute Gasteiger partial charge is 0.280 e. The molecule has 2 N–H and O–H groups in total. The molecule has 3 aromatic carbocycles. The van der Waals surface area contributed by atoms with Crippen LogP contribution in [0.2, 0.25) is 0 Å². The fourth-order valence-corrected chi connectivity index (χ4v) is 5.39. The molecule has 1 atom stereocenters. The maximum absolute atomic E-state index is 13.4. The Balaban J connectivity index is 1.50. The number of hydrogen-bond acceptors (Lipinski definition) is 4. The zero-order valence-electron chi connectivity index (χ0n) is 17.3. The SMILES string of the molecule is O=C(NS(=O)(=O)N1c2ccccc2CC1c1cc(-c2ccc(F)cc2)n[nH]1)c1ccccc1. The number of carbonyl (C=O) groups is 1. The molecule has 2 heterocycles. The van der Waals surface area contributed by atoms with Crippen LogP contribution >= 0.6 is 0 Å². The average Bonchev–Trinajstić information content (AvgIpc) is 3.45. The zero-order valence-corrected chi connectivity index (χ0v) is 18.1. The van der Waals surface area contributed by atoms with Gasteiger partial charge in [0.15, 0.2) is 0 Å². The van der Waals surface area contributed by atoms with Gasteiger partial charge in [-0.3, -0.25) is 9.89 Å². The van der Waals surface area contributed by atoms with Crippen molar-refractivity contribution < 1.29 is 17.6 Å². The first-order chi connectivity index (χ1) is 15.9. The Bertz CT molecular complexity index is 1420. The van der Waals surface area contributed by atoms with Gasteiger partial charge in [0.2, 0.25) is 0 Å². The summed E-state index contributed by atoms with van der Waals surface area (Å²) < 4.78 is 43.5. The van der Waals surface area contributed by atoms with Crippen LogP contribution in [0.15, 0.2) is 84.9 Å². The molecule has 1 aliphatic heterocycles. The Kier molecular flexibility index (Phi) is 5.18. The van der Waals surface area contributed by atoms with E-state index in [-0.39, 0.29) is 11.4 Å². The highest BCUT2D eigenvalue weighted by Gasteiger charge is 2.40. The van der Waals surface area contributed by atoms with Gasteiger partial charge in [0, 0.05) is 17.5 Å². The lowest BCUT2D eigenvalue weighted by Gasteiger charge is -2.26. The number of hydrogen-bond donors (Lipinski definition) is 2. The Labute approximate surface area is 190 Å². The molecule has 1 aliphatic rings. The summed E-state index contributed by atoms with van der Waals surface area (Å²) in [5.41, 5.74) is 3.38. The molecular weight excluding hydrogens is 443 g/mol. The first-order valence-electron chi connectivity index (χ1n) is 10.2. The lowest BCUT2D eigenvalue weighted by atomic mass is 10.1.